The van der Waals surface area contributed by atoms with E-state index in [9.17, 15) is 0 Å². The molecule has 7 unspecified atom stereocenters. The van der Waals surface area contributed by atoms with Crippen LogP contribution < -0.4 is 0 Å². The monoisotopic (exact) mass is 451 g/mol. The number of hydrogen-bond acceptors (Lipinski definition) is 3. The van der Waals surface area contributed by atoms with Crippen molar-refractivity contribution in [2.24, 2.45) is 23.7 Å². The summed E-state index contributed by atoms with van der Waals surface area (Å²) in [5, 5.41) is 0. The highest BCUT2D eigenvalue weighted by molar-refractivity contribution is 5.15. The van der Waals surface area contributed by atoms with Crippen molar-refractivity contribution in [2.75, 3.05) is 39.3 Å². The minimum absolute atomic E-state index is 0.730. The summed E-state index contributed by atoms with van der Waals surface area (Å²) in [5.41, 5.74) is 1.78. The first-order valence-corrected chi connectivity index (χ1v) is 14.8. The molecule has 6 aliphatic rings. The fraction of sp³-hybridized carbons (Fsp3) is 0.867. The number of rotatable bonds is 4. The van der Waals surface area contributed by atoms with Gasteiger partial charge in [-0.05, 0) is 114 Å². The van der Waals surface area contributed by atoms with Gasteiger partial charge in [0, 0.05) is 44.3 Å². The molecule has 7 atom stereocenters. The third-order valence-corrected chi connectivity index (χ3v) is 10.6. The van der Waals surface area contributed by atoms with E-state index in [1.807, 2.05) is 0 Å². The van der Waals surface area contributed by atoms with Crippen LogP contribution in [0.2, 0.25) is 0 Å². The van der Waals surface area contributed by atoms with Crippen LogP contribution in [0.5, 0.6) is 0 Å². The Morgan fingerprint density at radius 1 is 0.848 bits per heavy atom. The molecule has 4 saturated heterocycles. The van der Waals surface area contributed by atoms with Gasteiger partial charge < -0.3 is 0 Å². The first kappa shape index (κ1) is 22.8. The van der Waals surface area contributed by atoms with E-state index in [0.717, 1.165) is 41.8 Å². The second-order valence-electron chi connectivity index (χ2n) is 12.8. The second kappa shape index (κ2) is 10.2. The fourth-order valence-corrected chi connectivity index (χ4v) is 8.88. The third-order valence-electron chi connectivity index (χ3n) is 10.6. The van der Waals surface area contributed by atoms with Gasteiger partial charge in [0.1, 0.15) is 0 Å². The molecule has 184 valence electrons. The van der Waals surface area contributed by atoms with Crippen molar-refractivity contribution >= 4 is 0 Å². The smallest absolute Gasteiger partial charge is 0.0309 e. The molecular weight excluding hydrogens is 402 g/mol. The molecule has 3 heteroatoms. The van der Waals surface area contributed by atoms with Crippen LogP contribution in [0.3, 0.4) is 0 Å². The second-order valence-corrected chi connectivity index (χ2v) is 12.8. The van der Waals surface area contributed by atoms with Gasteiger partial charge in [-0.2, -0.15) is 0 Å². The van der Waals surface area contributed by atoms with E-state index in [1.165, 1.54) is 116 Å². The Hall–Kier alpha value is -0.640. The Bertz CT molecular complexity index is 728. The Morgan fingerprint density at radius 2 is 1.67 bits per heavy atom. The predicted molar refractivity (Wildman–Crippen MR) is 138 cm³/mol. The van der Waals surface area contributed by atoms with E-state index < -0.39 is 0 Å². The van der Waals surface area contributed by atoms with Crippen molar-refractivity contribution in [3.63, 3.8) is 0 Å². The molecule has 0 radical (unpaired) electrons. The molecule has 0 aromatic rings. The molecule has 4 fully saturated rings. The maximum absolute atomic E-state index is 2.93. The summed E-state index contributed by atoms with van der Waals surface area (Å²) in [6.45, 7) is 10.6. The van der Waals surface area contributed by atoms with Crippen molar-refractivity contribution in [1.29, 1.82) is 0 Å². The van der Waals surface area contributed by atoms with Crippen LogP contribution >= 0.6 is 0 Å². The summed E-state index contributed by atoms with van der Waals surface area (Å²) in [6.07, 6.45) is 24.8. The first-order valence-electron chi connectivity index (χ1n) is 14.8. The average Bonchev–Trinajstić information content (AvgIpc) is 2.84. The molecule has 0 N–H and O–H groups in total. The van der Waals surface area contributed by atoms with E-state index in [-0.39, 0.29) is 0 Å². The summed E-state index contributed by atoms with van der Waals surface area (Å²) in [6, 6.07) is 2.49. The standard InChI is InChI=1S/C30H49N3/c1-23-6-4-17-32-20-25(11-14-29(23)32)18-24-9-12-28-13-10-26(22-33(28)21-24)19-27-7-5-16-31-15-3-2-8-30(27)31/h2,8,10,23-25,27-30H,3-7,9,11-22H2,1H3. The molecule has 0 aliphatic carbocycles. The van der Waals surface area contributed by atoms with Crippen LogP contribution in [-0.4, -0.2) is 72.1 Å². The van der Waals surface area contributed by atoms with Crippen LogP contribution in [0.25, 0.3) is 0 Å². The number of fused-ring (bicyclic) bond motifs is 3. The lowest BCUT2D eigenvalue weighted by atomic mass is 9.76. The van der Waals surface area contributed by atoms with Crippen molar-refractivity contribution < 1.29 is 0 Å². The number of nitrogens with zero attached hydrogens (tertiary/aromatic N) is 3. The quantitative estimate of drug-likeness (QED) is 0.506. The van der Waals surface area contributed by atoms with Gasteiger partial charge in [0.25, 0.3) is 0 Å². The summed E-state index contributed by atoms with van der Waals surface area (Å²) in [5.74, 6) is 3.73. The molecular formula is C30H49N3. The maximum Gasteiger partial charge on any atom is 0.0309 e. The van der Waals surface area contributed by atoms with Crippen molar-refractivity contribution in [2.45, 2.75) is 102 Å². The topological polar surface area (TPSA) is 9.72 Å². The fourth-order valence-electron chi connectivity index (χ4n) is 8.88. The van der Waals surface area contributed by atoms with Crippen LogP contribution in [0, 0.1) is 23.7 Å². The molecule has 6 heterocycles. The zero-order chi connectivity index (χ0) is 22.2. The molecule has 6 rings (SSSR count). The Kier molecular flexibility index (Phi) is 7.01. The van der Waals surface area contributed by atoms with Gasteiger partial charge in [-0.3, -0.25) is 14.7 Å². The van der Waals surface area contributed by atoms with Gasteiger partial charge in [-0.25, -0.2) is 0 Å². The number of piperidine rings is 4. The van der Waals surface area contributed by atoms with Gasteiger partial charge >= 0.3 is 0 Å². The normalized spacial score (nSPS) is 42.8. The zero-order valence-corrected chi connectivity index (χ0v) is 21.3. The van der Waals surface area contributed by atoms with Crippen molar-refractivity contribution in [3.8, 4) is 0 Å². The number of hydrogen-bond donors (Lipinski definition) is 0. The Morgan fingerprint density at radius 3 is 2.61 bits per heavy atom. The van der Waals surface area contributed by atoms with Crippen LogP contribution in [-0.2, 0) is 0 Å². The SMILES string of the molecule is CC1CCCN2CC(CC3CCC4CC=C(CC5CCCN6CCC=CC56)CN4C3)CCC12. The van der Waals surface area contributed by atoms with E-state index >= 15 is 0 Å². The molecule has 0 aromatic carbocycles. The van der Waals surface area contributed by atoms with Gasteiger partial charge in [-0.15, -0.1) is 0 Å². The van der Waals surface area contributed by atoms with Crippen molar-refractivity contribution in [1.82, 2.24) is 14.7 Å². The van der Waals surface area contributed by atoms with Crippen LogP contribution in [0.4, 0.5) is 0 Å². The van der Waals surface area contributed by atoms with Gasteiger partial charge in [0.15, 0.2) is 0 Å². The molecule has 0 aromatic heterocycles. The van der Waals surface area contributed by atoms with Crippen LogP contribution in [0.15, 0.2) is 23.8 Å². The summed E-state index contributed by atoms with van der Waals surface area (Å²) in [7, 11) is 0. The molecule has 33 heavy (non-hydrogen) atoms. The highest BCUT2D eigenvalue weighted by atomic mass is 15.2. The lowest BCUT2D eigenvalue weighted by Gasteiger charge is -2.48. The molecule has 0 spiro atoms. The van der Waals surface area contributed by atoms with E-state index in [2.05, 4.69) is 39.9 Å². The Balaban J connectivity index is 1.02. The largest absolute Gasteiger partial charge is 0.300 e. The highest BCUT2D eigenvalue weighted by Gasteiger charge is 2.37. The lowest BCUT2D eigenvalue weighted by Crippen LogP contribution is -2.51. The first-order chi connectivity index (χ1) is 16.2. The molecule has 0 amide bonds. The van der Waals surface area contributed by atoms with Crippen LogP contribution in [0.1, 0.15) is 84.0 Å². The summed E-state index contributed by atoms with van der Waals surface area (Å²) >= 11 is 0. The third kappa shape index (κ3) is 5.02. The maximum atomic E-state index is 2.93. The van der Waals surface area contributed by atoms with Crippen molar-refractivity contribution in [3.05, 3.63) is 23.8 Å². The predicted octanol–water partition coefficient (Wildman–Crippen LogP) is 5.73. The molecule has 6 aliphatic heterocycles. The average molecular weight is 452 g/mol. The molecule has 3 nitrogen and oxygen atoms in total. The minimum Gasteiger partial charge on any atom is -0.300 e. The minimum atomic E-state index is 0.730. The zero-order valence-electron chi connectivity index (χ0n) is 21.3. The van der Waals surface area contributed by atoms with Gasteiger partial charge in [0.2, 0.25) is 0 Å². The van der Waals surface area contributed by atoms with Gasteiger partial charge in [0.05, 0.1) is 0 Å². The lowest BCUT2D eigenvalue weighted by molar-refractivity contribution is 0.0247. The Labute approximate surface area is 203 Å². The van der Waals surface area contributed by atoms with Gasteiger partial charge in [-0.1, -0.05) is 30.7 Å². The summed E-state index contributed by atoms with van der Waals surface area (Å²) in [4.78, 5) is 8.59. The molecule has 0 saturated carbocycles. The highest BCUT2D eigenvalue weighted by Crippen LogP contribution is 2.39. The van der Waals surface area contributed by atoms with E-state index in [4.69, 9.17) is 0 Å². The molecule has 0 bridgehead atoms. The summed E-state index contributed by atoms with van der Waals surface area (Å²) < 4.78 is 0. The van der Waals surface area contributed by atoms with E-state index in [1.54, 1.807) is 5.57 Å². The van der Waals surface area contributed by atoms with E-state index in [0.29, 0.717) is 0 Å².